The molecule has 1 aliphatic heterocycles. The first-order valence-electron chi connectivity index (χ1n) is 10.7. The van der Waals surface area contributed by atoms with Gasteiger partial charge in [-0.1, -0.05) is 6.07 Å². The summed E-state index contributed by atoms with van der Waals surface area (Å²) in [5.74, 6) is 1.03. The molecule has 2 atom stereocenters. The number of hydrogen-bond donors (Lipinski definition) is 0. The van der Waals surface area contributed by atoms with Crippen molar-refractivity contribution in [2.45, 2.75) is 56.1 Å². The summed E-state index contributed by atoms with van der Waals surface area (Å²) in [6.45, 7) is 4.40. The van der Waals surface area contributed by atoms with E-state index in [1.165, 1.54) is 12.1 Å². The summed E-state index contributed by atoms with van der Waals surface area (Å²) in [7, 11) is -3.56. The van der Waals surface area contributed by atoms with Gasteiger partial charge in [0.1, 0.15) is 16.3 Å². The van der Waals surface area contributed by atoms with Gasteiger partial charge in [0, 0.05) is 19.3 Å². The van der Waals surface area contributed by atoms with Crippen LogP contribution in [0.5, 0.6) is 0 Å². The van der Waals surface area contributed by atoms with Crippen molar-refractivity contribution >= 4 is 15.9 Å². The molecule has 4 rings (SSSR count). The van der Waals surface area contributed by atoms with Gasteiger partial charge in [-0.25, -0.2) is 17.6 Å². The Morgan fingerprint density at radius 3 is 2.57 bits per heavy atom. The quantitative estimate of drug-likeness (QED) is 0.646. The van der Waals surface area contributed by atoms with E-state index in [1.807, 2.05) is 11.8 Å². The first-order chi connectivity index (χ1) is 14.1. The normalized spacial score (nSPS) is 25.8. The van der Waals surface area contributed by atoms with Crippen LogP contribution in [0.25, 0.3) is 0 Å². The number of sulfone groups is 1. The molecule has 1 aromatic carbocycles. The van der Waals surface area contributed by atoms with E-state index in [1.54, 1.807) is 6.07 Å². The zero-order valence-corrected chi connectivity index (χ0v) is 18.4. The van der Waals surface area contributed by atoms with Crippen molar-refractivity contribution < 1.29 is 27.1 Å². The highest BCUT2D eigenvalue weighted by Gasteiger charge is 2.46. The standard InChI is InChI=1S/C22H30FNO5S/c1-22(7-8-22)29-21(25)24-9-5-16(6-10-24)18-12-17(18)14-28-13-15-3-4-20(19(23)11-15)30(2,26)27/h3-4,11,16-18H,5-10,12-14H2,1-2H3/t17-,18+/m0/s1. The van der Waals surface area contributed by atoms with E-state index >= 15 is 0 Å². The molecule has 30 heavy (non-hydrogen) atoms. The maximum atomic E-state index is 14.0. The van der Waals surface area contributed by atoms with E-state index in [9.17, 15) is 17.6 Å². The molecule has 1 aromatic rings. The molecule has 8 heteroatoms. The number of halogens is 1. The SMILES string of the molecule is CC1(OC(=O)N2CCC([C@H]3C[C@H]3COCc3ccc(S(C)(=O)=O)c(F)c3)CC2)CC1. The van der Waals surface area contributed by atoms with Gasteiger partial charge < -0.3 is 14.4 Å². The van der Waals surface area contributed by atoms with E-state index < -0.39 is 15.7 Å². The first kappa shape index (κ1) is 21.6. The molecule has 3 aliphatic rings. The van der Waals surface area contributed by atoms with E-state index in [0.717, 1.165) is 51.4 Å². The summed E-state index contributed by atoms with van der Waals surface area (Å²) >= 11 is 0. The van der Waals surface area contributed by atoms with Crippen molar-refractivity contribution in [1.82, 2.24) is 4.90 Å². The molecule has 2 saturated carbocycles. The predicted molar refractivity (Wildman–Crippen MR) is 109 cm³/mol. The van der Waals surface area contributed by atoms with Crippen molar-refractivity contribution in [3.63, 3.8) is 0 Å². The summed E-state index contributed by atoms with van der Waals surface area (Å²) < 4.78 is 48.3. The van der Waals surface area contributed by atoms with Crippen LogP contribution in [0, 0.1) is 23.6 Å². The van der Waals surface area contributed by atoms with Crippen molar-refractivity contribution in [2.75, 3.05) is 26.0 Å². The minimum Gasteiger partial charge on any atom is -0.443 e. The smallest absolute Gasteiger partial charge is 0.410 e. The van der Waals surface area contributed by atoms with Crippen molar-refractivity contribution in [3.8, 4) is 0 Å². The Morgan fingerprint density at radius 2 is 1.97 bits per heavy atom. The maximum Gasteiger partial charge on any atom is 0.410 e. The summed E-state index contributed by atoms with van der Waals surface area (Å²) in [6, 6.07) is 4.13. The van der Waals surface area contributed by atoms with Crippen LogP contribution in [0.2, 0.25) is 0 Å². The molecule has 1 saturated heterocycles. The van der Waals surface area contributed by atoms with Gasteiger partial charge in [0.15, 0.2) is 9.84 Å². The van der Waals surface area contributed by atoms with Gasteiger partial charge in [-0.15, -0.1) is 0 Å². The van der Waals surface area contributed by atoms with Gasteiger partial charge in [-0.2, -0.15) is 0 Å². The highest BCUT2D eigenvalue weighted by atomic mass is 32.2. The molecule has 0 unspecified atom stereocenters. The number of piperidine rings is 1. The van der Waals surface area contributed by atoms with E-state index in [-0.39, 0.29) is 23.2 Å². The number of amides is 1. The second-order valence-electron chi connectivity index (χ2n) is 9.35. The number of rotatable bonds is 7. The average molecular weight is 440 g/mol. The van der Waals surface area contributed by atoms with E-state index in [2.05, 4.69) is 0 Å². The second-order valence-corrected chi connectivity index (χ2v) is 11.3. The molecule has 0 bridgehead atoms. The number of carbonyl (C=O) groups excluding carboxylic acids is 1. The molecule has 0 aromatic heterocycles. The Morgan fingerprint density at radius 1 is 1.27 bits per heavy atom. The summed E-state index contributed by atoms with van der Waals surface area (Å²) in [4.78, 5) is 13.8. The van der Waals surface area contributed by atoms with Gasteiger partial charge in [0.2, 0.25) is 0 Å². The van der Waals surface area contributed by atoms with Crippen LogP contribution in [0.4, 0.5) is 9.18 Å². The minimum absolute atomic E-state index is 0.168. The van der Waals surface area contributed by atoms with Crippen LogP contribution in [0.1, 0.15) is 44.6 Å². The Bertz CT molecular complexity index is 906. The third-order valence-corrected chi connectivity index (χ3v) is 7.79. The lowest BCUT2D eigenvalue weighted by Crippen LogP contribution is -2.40. The molecular formula is C22H30FNO5S. The number of nitrogens with zero attached hydrogens (tertiary/aromatic N) is 1. The number of ether oxygens (including phenoxy) is 2. The zero-order valence-electron chi connectivity index (χ0n) is 17.6. The van der Waals surface area contributed by atoms with Gasteiger partial charge in [0.25, 0.3) is 0 Å². The van der Waals surface area contributed by atoms with Gasteiger partial charge in [0.05, 0.1) is 13.2 Å². The fraction of sp³-hybridized carbons (Fsp3) is 0.682. The van der Waals surface area contributed by atoms with Crippen molar-refractivity contribution in [1.29, 1.82) is 0 Å². The Kier molecular flexibility index (Phi) is 5.83. The van der Waals surface area contributed by atoms with Crippen LogP contribution < -0.4 is 0 Å². The number of carbonyl (C=O) groups is 1. The molecule has 3 fully saturated rings. The van der Waals surface area contributed by atoms with Crippen molar-refractivity contribution in [2.24, 2.45) is 17.8 Å². The van der Waals surface area contributed by atoms with Gasteiger partial charge in [-0.05, 0) is 74.5 Å². The minimum atomic E-state index is -3.56. The Hall–Kier alpha value is -1.67. The third kappa shape index (κ3) is 5.14. The molecule has 2 aliphatic carbocycles. The van der Waals surface area contributed by atoms with Gasteiger partial charge in [-0.3, -0.25) is 0 Å². The monoisotopic (exact) mass is 439 g/mol. The Balaban J connectivity index is 1.17. The topological polar surface area (TPSA) is 72.9 Å². The largest absolute Gasteiger partial charge is 0.443 e. The maximum absolute atomic E-state index is 14.0. The number of benzene rings is 1. The molecule has 0 N–H and O–H groups in total. The zero-order chi connectivity index (χ0) is 21.5. The van der Waals surface area contributed by atoms with E-state index in [4.69, 9.17) is 9.47 Å². The number of hydrogen-bond acceptors (Lipinski definition) is 5. The fourth-order valence-corrected chi connectivity index (χ4v) is 5.09. The number of likely N-dealkylation sites (tertiary alicyclic amines) is 1. The fourth-order valence-electron chi connectivity index (χ4n) is 4.37. The second kappa shape index (κ2) is 8.11. The molecule has 0 spiro atoms. The lowest BCUT2D eigenvalue weighted by Gasteiger charge is -2.32. The molecule has 0 radical (unpaired) electrons. The van der Waals surface area contributed by atoms with Gasteiger partial charge >= 0.3 is 6.09 Å². The molecular weight excluding hydrogens is 409 g/mol. The average Bonchev–Trinajstić information content (AvgIpc) is 3.59. The van der Waals surface area contributed by atoms with Crippen LogP contribution in [-0.2, 0) is 25.9 Å². The summed E-state index contributed by atoms with van der Waals surface area (Å²) in [6.07, 6.45) is 5.90. The van der Waals surface area contributed by atoms with Crippen LogP contribution in [0.15, 0.2) is 23.1 Å². The highest BCUT2D eigenvalue weighted by molar-refractivity contribution is 7.90. The molecule has 1 amide bonds. The van der Waals surface area contributed by atoms with E-state index in [0.29, 0.717) is 29.9 Å². The van der Waals surface area contributed by atoms with Crippen LogP contribution >= 0.6 is 0 Å². The van der Waals surface area contributed by atoms with Crippen LogP contribution in [-0.4, -0.2) is 51.0 Å². The van der Waals surface area contributed by atoms with Crippen LogP contribution in [0.3, 0.4) is 0 Å². The lowest BCUT2D eigenvalue weighted by molar-refractivity contribution is 0.0463. The predicted octanol–water partition coefficient (Wildman–Crippen LogP) is 3.78. The molecule has 6 nitrogen and oxygen atoms in total. The first-order valence-corrected chi connectivity index (χ1v) is 12.6. The highest BCUT2D eigenvalue weighted by Crippen LogP contribution is 2.48. The third-order valence-electron chi connectivity index (χ3n) is 6.66. The molecule has 1 heterocycles. The summed E-state index contributed by atoms with van der Waals surface area (Å²) in [5.41, 5.74) is 0.411. The molecule has 166 valence electrons. The summed E-state index contributed by atoms with van der Waals surface area (Å²) in [5, 5.41) is 0. The Labute approximate surface area is 177 Å². The lowest BCUT2D eigenvalue weighted by atomic mass is 9.91. The van der Waals surface area contributed by atoms with Crippen molar-refractivity contribution in [3.05, 3.63) is 29.6 Å².